The number of aromatic carboxylic acids is 2. The maximum absolute atomic E-state index is 11.1. The number of pyridine rings is 1. The van der Waals surface area contributed by atoms with Crippen LogP contribution < -0.4 is 17.0 Å². The fourth-order valence-electron chi connectivity index (χ4n) is 1.65. The van der Waals surface area contributed by atoms with Crippen molar-refractivity contribution >= 4 is 11.9 Å². The molecule has 20 heavy (non-hydrogen) atoms. The van der Waals surface area contributed by atoms with Gasteiger partial charge < -0.3 is 27.7 Å². The number of halogens is 1. The SMILES string of the molecule is O=C(O)c1ccc(-[n+]2ccc(O)cc2)cc1C(=O)O.[Cl-]. The first-order valence-electron chi connectivity index (χ1n) is 5.30. The van der Waals surface area contributed by atoms with Crippen LogP contribution in [0.1, 0.15) is 20.7 Å². The molecule has 0 amide bonds. The third kappa shape index (κ3) is 3.04. The molecule has 104 valence electrons. The van der Waals surface area contributed by atoms with E-state index >= 15 is 0 Å². The van der Waals surface area contributed by atoms with Crippen LogP contribution in [0.3, 0.4) is 0 Å². The molecule has 0 radical (unpaired) electrons. The van der Waals surface area contributed by atoms with Gasteiger partial charge in [0.15, 0.2) is 12.4 Å². The highest BCUT2D eigenvalue weighted by atomic mass is 35.5. The fraction of sp³-hybridized carbons (Fsp3) is 0. The summed E-state index contributed by atoms with van der Waals surface area (Å²) in [6.45, 7) is 0. The van der Waals surface area contributed by atoms with E-state index in [1.54, 1.807) is 4.57 Å². The summed E-state index contributed by atoms with van der Waals surface area (Å²) < 4.78 is 1.57. The summed E-state index contributed by atoms with van der Waals surface area (Å²) in [6, 6.07) is 6.87. The van der Waals surface area contributed by atoms with Crippen LogP contribution in [0.25, 0.3) is 5.69 Å². The molecule has 0 unspecified atom stereocenters. The summed E-state index contributed by atoms with van der Waals surface area (Å²) in [6.07, 6.45) is 3.08. The van der Waals surface area contributed by atoms with E-state index in [1.807, 2.05) is 0 Å². The van der Waals surface area contributed by atoms with E-state index in [2.05, 4.69) is 0 Å². The van der Waals surface area contributed by atoms with Crippen LogP contribution in [-0.4, -0.2) is 27.3 Å². The van der Waals surface area contributed by atoms with Gasteiger partial charge in [0, 0.05) is 24.3 Å². The zero-order chi connectivity index (χ0) is 14.0. The molecule has 0 spiro atoms. The van der Waals surface area contributed by atoms with E-state index in [0.717, 1.165) is 0 Å². The van der Waals surface area contributed by atoms with Crippen molar-refractivity contribution < 1.29 is 41.9 Å². The Morgan fingerprint density at radius 3 is 1.95 bits per heavy atom. The second kappa shape index (κ2) is 6.03. The molecule has 1 heterocycles. The van der Waals surface area contributed by atoms with Gasteiger partial charge in [-0.25, -0.2) is 9.59 Å². The quantitative estimate of drug-likeness (QED) is 0.573. The van der Waals surface area contributed by atoms with Crippen molar-refractivity contribution in [1.29, 1.82) is 0 Å². The van der Waals surface area contributed by atoms with E-state index in [4.69, 9.17) is 10.2 Å². The zero-order valence-electron chi connectivity index (χ0n) is 10.0. The number of benzene rings is 1. The lowest BCUT2D eigenvalue weighted by Crippen LogP contribution is -3.00. The number of aromatic hydroxyl groups is 1. The van der Waals surface area contributed by atoms with Gasteiger partial charge >= 0.3 is 11.9 Å². The van der Waals surface area contributed by atoms with E-state index in [-0.39, 0.29) is 29.3 Å². The first-order valence-corrected chi connectivity index (χ1v) is 5.30. The van der Waals surface area contributed by atoms with Gasteiger partial charge in [0.1, 0.15) is 5.75 Å². The van der Waals surface area contributed by atoms with Crippen molar-refractivity contribution in [2.24, 2.45) is 0 Å². The van der Waals surface area contributed by atoms with Gasteiger partial charge in [-0.3, -0.25) is 0 Å². The number of aromatic nitrogens is 1. The molecule has 2 rings (SSSR count). The summed E-state index contributed by atoms with van der Waals surface area (Å²) in [5.41, 5.74) is -0.0661. The molecule has 0 fully saturated rings. The van der Waals surface area contributed by atoms with E-state index in [9.17, 15) is 14.7 Å². The lowest BCUT2D eigenvalue weighted by molar-refractivity contribution is -0.595. The summed E-state index contributed by atoms with van der Waals surface area (Å²) in [4.78, 5) is 22.0. The summed E-state index contributed by atoms with van der Waals surface area (Å²) in [7, 11) is 0. The van der Waals surface area contributed by atoms with Crippen LogP contribution >= 0.6 is 0 Å². The Morgan fingerprint density at radius 2 is 1.45 bits per heavy atom. The molecule has 0 bridgehead atoms. The number of carboxylic acid groups (broad SMARTS) is 2. The molecular weight excluding hydrogens is 286 g/mol. The molecule has 2 aromatic rings. The molecule has 0 aliphatic rings. The minimum absolute atomic E-state index is 0. The molecular formula is C13H10ClNO5. The first-order chi connectivity index (χ1) is 8.99. The maximum atomic E-state index is 11.1. The molecule has 1 aromatic heterocycles. The Bertz CT molecular complexity index is 654. The monoisotopic (exact) mass is 295 g/mol. The molecule has 0 aliphatic heterocycles. The third-order valence-corrected chi connectivity index (χ3v) is 2.57. The number of nitrogens with zero attached hydrogens (tertiary/aromatic N) is 1. The Hall–Kier alpha value is -2.60. The fourth-order valence-corrected chi connectivity index (χ4v) is 1.65. The van der Waals surface area contributed by atoms with Gasteiger partial charge in [-0.05, 0) is 6.07 Å². The van der Waals surface area contributed by atoms with Crippen molar-refractivity contribution in [3.05, 3.63) is 53.9 Å². The predicted molar refractivity (Wildman–Crippen MR) is 63.6 cm³/mol. The number of carboxylic acids is 2. The zero-order valence-corrected chi connectivity index (χ0v) is 10.8. The highest BCUT2D eigenvalue weighted by Gasteiger charge is 2.19. The van der Waals surface area contributed by atoms with Crippen LogP contribution in [0.4, 0.5) is 0 Å². The molecule has 3 N–H and O–H groups in total. The van der Waals surface area contributed by atoms with Crippen molar-refractivity contribution in [2.45, 2.75) is 0 Å². The average Bonchev–Trinajstić information content (AvgIpc) is 2.38. The highest BCUT2D eigenvalue weighted by molar-refractivity contribution is 6.02. The Morgan fingerprint density at radius 1 is 0.900 bits per heavy atom. The molecule has 0 atom stereocenters. The standard InChI is InChI=1S/C13H9NO5.ClH/c15-9-3-5-14(6-4-9)8-1-2-10(12(16)17)11(7-8)13(18)19;/h1-7H,(H2,16,17,18,19);1H. The molecule has 0 saturated heterocycles. The van der Waals surface area contributed by atoms with Crippen LogP contribution in [0.15, 0.2) is 42.7 Å². The topological polar surface area (TPSA) is 98.7 Å². The first kappa shape index (κ1) is 15.5. The number of rotatable bonds is 3. The highest BCUT2D eigenvalue weighted by Crippen LogP contribution is 2.13. The van der Waals surface area contributed by atoms with Gasteiger partial charge in [0.2, 0.25) is 5.69 Å². The molecule has 0 saturated carbocycles. The lowest BCUT2D eigenvalue weighted by Gasteiger charge is -2.02. The Kier molecular flexibility index (Phi) is 4.66. The summed E-state index contributed by atoms with van der Waals surface area (Å²) in [5, 5.41) is 27.1. The number of hydrogen-bond donors (Lipinski definition) is 3. The van der Waals surface area contributed by atoms with E-state index in [1.165, 1.54) is 42.7 Å². The number of carbonyl (C=O) groups is 2. The third-order valence-electron chi connectivity index (χ3n) is 2.57. The van der Waals surface area contributed by atoms with Crippen molar-refractivity contribution in [3.8, 4) is 11.4 Å². The average molecular weight is 296 g/mol. The molecule has 6 nitrogen and oxygen atoms in total. The Labute approximate surface area is 120 Å². The summed E-state index contributed by atoms with van der Waals surface area (Å²) in [5.74, 6) is -2.52. The van der Waals surface area contributed by atoms with Gasteiger partial charge in [0.25, 0.3) is 0 Å². The molecule has 7 heteroatoms. The summed E-state index contributed by atoms with van der Waals surface area (Å²) >= 11 is 0. The predicted octanol–water partition coefficient (Wildman–Crippen LogP) is -1.93. The Balaban J connectivity index is 0.00000200. The van der Waals surface area contributed by atoms with Gasteiger partial charge in [-0.2, -0.15) is 4.57 Å². The minimum atomic E-state index is -1.31. The molecule has 1 aromatic carbocycles. The van der Waals surface area contributed by atoms with Crippen LogP contribution in [-0.2, 0) is 0 Å². The second-order valence-corrected chi connectivity index (χ2v) is 3.80. The number of hydrogen-bond acceptors (Lipinski definition) is 3. The maximum Gasteiger partial charge on any atom is 0.336 e. The normalized spacial score (nSPS) is 9.60. The van der Waals surface area contributed by atoms with Crippen molar-refractivity contribution in [1.82, 2.24) is 0 Å². The van der Waals surface area contributed by atoms with Gasteiger partial charge in [-0.1, -0.05) is 0 Å². The lowest BCUT2D eigenvalue weighted by atomic mass is 10.1. The smallest absolute Gasteiger partial charge is 0.336 e. The largest absolute Gasteiger partial charge is 1.00 e. The van der Waals surface area contributed by atoms with Crippen molar-refractivity contribution in [3.63, 3.8) is 0 Å². The van der Waals surface area contributed by atoms with Crippen molar-refractivity contribution in [2.75, 3.05) is 0 Å². The van der Waals surface area contributed by atoms with Gasteiger partial charge in [-0.15, -0.1) is 0 Å². The van der Waals surface area contributed by atoms with Crippen LogP contribution in [0.2, 0.25) is 0 Å². The van der Waals surface area contributed by atoms with Crippen LogP contribution in [0.5, 0.6) is 5.75 Å². The van der Waals surface area contributed by atoms with E-state index < -0.39 is 11.9 Å². The minimum Gasteiger partial charge on any atom is -1.00 e. The molecule has 0 aliphatic carbocycles. The second-order valence-electron chi connectivity index (χ2n) is 3.80. The van der Waals surface area contributed by atoms with E-state index in [0.29, 0.717) is 5.69 Å². The van der Waals surface area contributed by atoms with Crippen LogP contribution in [0, 0.1) is 0 Å². The van der Waals surface area contributed by atoms with Gasteiger partial charge in [0.05, 0.1) is 11.1 Å².